The number of aromatic nitrogens is 1. The molecule has 1 saturated heterocycles. The highest BCUT2D eigenvalue weighted by Gasteiger charge is 2.29. The highest BCUT2D eigenvalue weighted by molar-refractivity contribution is 7.91. The number of benzene rings is 1. The van der Waals surface area contributed by atoms with Gasteiger partial charge >= 0.3 is 0 Å². The van der Waals surface area contributed by atoms with Gasteiger partial charge in [0.25, 0.3) is 5.91 Å². The highest BCUT2D eigenvalue weighted by Crippen LogP contribution is 2.20. The minimum absolute atomic E-state index is 0.0351. The zero-order valence-corrected chi connectivity index (χ0v) is 15.5. The summed E-state index contributed by atoms with van der Waals surface area (Å²) in [4.78, 5) is 27.6. The number of amides is 2. The van der Waals surface area contributed by atoms with Gasteiger partial charge in [-0.05, 0) is 36.8 Å². The average molecular weight is 388 g/mol. The number of hydrogen-bond acceptors (Lipinski definition) is 6. The third-order valence-electron chi connectivity index (χ3n) is 4.03. The van der Waals surface area contributed by atoms with Crippen molar-refractivity contribution in [1.29, 1.82) is 0 Å². The summed E-state index contributed by atoms with van der Waals surface area (Å²) in [6, 6.07) is 10.1. The number of anilines is 3. The Morgan fingerprint density at radius 1 is 1.11 bits per heavy atom. The molecular weight excluding hydrogens is 368 g/mol. The van der Waals surface area contributed by atoms with Crippen LogP contribution in [0.15, 0.2) is 42.6 Å². The minimum atomic E-state index is -3.06. The molecule has 2 amide bonds. The van der Waals surface area contributed by atoms with Crippen LogP contribution in [0.2, 0.25) is 0 Å². The van der Waals surface area contributed by atoms with Gasteiger partial charge in [-0.15, -0.1) is 0 Å². The predicted molar refractivity (Wildman–Crippen MR) is 103 cm³/mol. The number of nitrogens with zero attached hydrogens (tertiary/aromatic N) is 1. The van der Waals surface area contributed by atoms with Gasteiger partial charge in [0.1, 0.15) is 5.69 Å². The predicted octanol–water partition coefficient (Wildman–Crippen LogP) is 1.70. The number of pyridine rings is 1. The summed E-state index contributed by atoms with van der Waals surface area (Å²) in [7, 11) is -3.06. The Morgan fingerprint density at radius 3 is 2.56 bits per heavy atom. The van der Waals surface area contributed by atoms with Crippen LogP contribution in [-0.2, 0) is 14.6 Å². The van der Waals surface area contributed by atoms with Gasteiger partial charge in [0, 0.05) is 36.2 Å². The van der Waals surface area contributed by atoms with Crippen LogP contribution >= 0.6 is 0 Å². The molecule has 142 valence electrons. The zero-order chi connectivity index (χ0) is 19.4. The summed E-state index contributed by atoms with van der Waals surface area (Å²) in [5.41, 5.74) is 2.24. The molecule has 0 saturated carbocycles. The molecule has 1 unspecified atom stereocenters. The molecule has 0 spiro atoms. The third-order valence-corrected chi connectivity index (χ3v) is 5.80. The molecule has 27 heavy (non-hydrogen) atoms. The Labute approximate surface area is 157 Å². The first-order valence-corrected chi connectivity index (χ1v) is 10.2. The van der Waals surface area contributed by atoms with Crippen LogP contribution in [0, 0.1) is 0 Å². The van der Waals surface area contributed by atoms with E-state index in [4.69, 9.17) is 0 Å². The molecule has 2 heterocycles. The summed E-state index contributed by atoms with van der Waals surface area (Å²) in [5, 5.41) is 8.57. The number of carbonyl (C=O) groups is 2. The van der Waals surface area contributed by atoms with Crippen molar-refractivity contribution in [1.82, 2.24) is 10.3 Å². The zero-order valence-electron chi connectivity index (χ0n) is 14.7. The van der Waals surface area contributed by atoms with Crippen molar-refractivity contribution in [2.24, 2.45) is 0 Å². The second-order valence-electron chi connectivity index (χ2n) is 6.39. The van der Waals surface area contributed by atoms with Crippen LogP contribution in [-0.4, -0.2) is 42.8 Å². The Hall–Kier alpha value is -2.94. The van der Waals surface area contributed by atoms with E-state index in [0.717, 1.165) is 5.69 Å². The lowest BCUT2D eigenvalue weighted by Crippen LogP contribution is -2.36. The van der Waals surface area contributed by atoms with E-state index < -0.39 is 15.7 Å². The van der Waals surface area contributed by atoms with Crippen LogP contribution in [0.3, 0.4) is 0 Å². The van der Waals surface area contributed by atoms with Crippen molar-refractivity contribution >= 4 is 38.7 Å². The summed E-state index contributed by atoms with van der Waals surface area (Å²) in [5.74, 6) is -0.513. The summed E-state index contributed by atoms with van der Waals surface area (Å²) in [6.45, 7) is 1.43. The third kappa shape index (κ3) is 5.27. The Kier molecular flexibility index (Phi) is 5.41. The largest absolute Gasteiger partial charge is 0.355 e. The van der Waals surface area contributed by atoms with Gasteiger partial charge < -0.3 is 16.0 Å². The normalized spacial score (nSPS) is 17.9. The van der Waals surface area contributed by atoms with Gasteiger partial charge in [-0.25, -0.2) is 8.42 Å². The average Bonchev–Trinajstić information content (AvgIpc) is 2.93. The van der Waals surface area contributed by atoms with E-state index in [1.54, 1.807) is 30.3 Å². The van der Waals surface area contributed by atoms with E-state index in [9.17, 15) is 18.0 Å². The molecule has 0 aliphatic carbocycles. The van der Waals surface area contributed by atoms with Crippen LogP contribution in [0.1, 0.15) is 23.8 Å². The Balaban J connectivity index is 1.68. The summed E-state index contributed by atoms with van der Waals surface area (Å²) >= 11 is 0. The summed E-state index contributed by atoms with van der Waals surface area (Å²) in [6.07, 6.45) is 1.92. The number of nitrogens with one attached hydrogen (secondary N) is 3. The Morgan fingerprint density at radius 2 is 1.85 bits per heavy atom. The van der Waals surface area contributed by atoms with E-state index in [0.29, 0.717) is 17.8 Å². The van der Waals surface area contributed by atoms with Crippen molar-refractivity contribution in [2.45, 2.75) is 19.4 Å². The maximum Gasteiger partial charge on any atom is 0.270 e. The molecule has 1 aliphatic heterocycles. The SMILES string of the molecule is CC(=O)Nc1cccc(Nc2ccnc(C(=O)NC3CCS(=O)(=O)C3)c2)c1. The smallest absolute Gasteiger partial charge is 0.270 e. The minimum Gasteiger partial charge on any atom is -0.355 e. The van der Waals surface area contributed by atoms with Crippen LogP contribution in [0.5, 0.6) is 0 Å². The van der Waals surface area contributed by atoms with Crippen LogP contribution < -0.4 is 16.0 Å². The molecule has 3 N–H and O–H groups in total. The molecule has 0 bridgehead atoms. The number of hydrogen-bond donors (Lipinski definition) is 3. The molecule has 1 aromatic carbocycles. The molecule has 1 fully saturated rings. The number of carbonyl (C=O) groups excluding carboxylic acids is 2. The van der Waals surface area contributed by atoms with E-state index in [-0.39, 0.29) is 29.1 Å². The van der Waals surface area contributed by atoms with Crippen LogP contribution in [0.4, 0.5) is 17.1 Å². The molecule has 1 aliphatic rings. The van der Waals surface area contributed by atoms with E-state index >= 15 is 0 Å². The number of sulfone groups is 1. The van der Waals surface area contributed by atoms with Gasteiger partial charge in [-0.1, -0.05) is 6.07 Å². The maximum absolute atomic E-state index is 12.3. The molecule has 3 rings (SSSR count). The monoisotopic (exact) mass is 388 g/mol. The first-order valence-electron chi connectivity index (χ1n) is 8.43. The fourth-order valence-electron chi connectivity index (χ4n) is 2.85. The lowest BCUT2D eigenvalue weighted by Gasteiger charge is -2.12. The molecule has 8 nitrogen and oxygen atoms in total. The van der Waals surface area contributed by atoms with Crippen LogP contribution in [0.25, 0.3) is 0 Å². The lowest BCUT2D eigenvalue weighted by atomic mass is 10.2. The first-order chi connectivity index (χ1) is 12.8. The maximum atomic E-state index is 12.3. The molecule has 0 radical (unpaired) electrons. The molecule has 1 atom stereocenters. The quantitative estimate of drug-likeness (QED) is 0.718. The Bertz CT molecular complexity index is 975. The fraction of sp³-hybridized carbons (Fsp3) is 0.278. The molecule has 1 aromatic heterocycles. The standard InChI is InChI=1S/C18H20N4O4S/c1-12(23)20-13-3-2-4-14(9-13)21-15-5-7-19-17(10-15)18(24)22-16-6-8-27(25,26)11-16/h2-5,7,9-10,16H,6,8,11H2,1H3,(H,19,21)(H,20,23)(H,22,24). The van der Waals surface area contributed by atoms with Crippen molar-refractivity contribution in [3.63, 3.8) is 0 Å². The second-order valence-corrected chi connectivity index (χ2v) is 8.62. The fourth-order valence-corrected chi connectivity index (χ4v) is 4.52. The molecule has 2 aromatic rings. The highest BCUT2D eigenvalue weighted by atomic mass is 32.2. The van der Waals surface area contributed by atoms with Gasteiger partial charge in [-0.2, -0.15) is 0 Å². The number of rotatable bonds is 5. The van der Waals surface area contributed by atoms with Gasteiger partial charge in [0.15, 0.2) is 9.84 Å². The van der Waals surface area contributed by atoms with E-state index in [1.165, 1.54) is 13.1 Å². The lowest BCUT2D eigenvalue weighted by molar-refractivity contribution is -0.114. The van der Waals surface area contributed by atoms with Crippen molar-refractivity contribution in [2.75, 3.05) is 22.1 Å². The first kappa shape index (κ1) is 18.8. The second kappa shape index (κ2) is 7.75. The molecule has 9 heteroatoms. The van der Waals surface area contributed by atoms with Gasteiger partial charge in [0.05, 0.1) is 11.5 Å². The molecular formula is C18H20N4O4S. The van der Waals surface area contributed by atoms with Crippen molar-refractivity contribution in [3.8, 4) is 0 Å². The summed E-state index contributed by atoms with van der Waals surface area (Å²) < 4.78 is 23.0. The van der Waals surface area contributed by atoms with Gasteiger partial charge in [-0.3, -0.25) is 14.6 Å². The van der Waals surface area contributed by atoms with Crippen molar-refractivity contribution in [3.05, 3.63) is 48.3 Å². The topological polar surface area (TPSA) is 117 Å². The van der Waals surface area contributed by atoms with E-state index in [1.807, 2.05) is 6.07 Å². The van der Waals surface area contributed by atoms with Crippen molar-refractivity contribution < 1.29 is 18.0 Å². The van der Waals surface area contributed by atoms with Gasteiger partial charge in [0.2, 0.25) is 5.91 Å². The van der Waals surface area contributed by atoms with E-state index in [2.05, 4.69) is 20.9 Å².